The minimum absolute atomic E-state index is 0.0590. The smallest absolute Gasteiger partial charge is 0.373 e. The molecule has 0 bridgehead atoms. The number of esters is 2. The van der Waals surface area contributed by atoms with Crippen LogP contribution in [0.2, 0.25) is 0 Å². The van der Waals surface area contributed by atoms with Crippen molar-refractivity contribution >= 4 is 33.5 Å². The van der Waals surface area contributed by atoms with E-state index in [4.69, 9.17) is 9.15 Å². The Labute approximate surface area is 129 Å². The van der Waals surface area contributed by atoms with Crippen LogP contribution in [-0.2, 0) is 16.1 Å². The van der Waals surface area contributed by atoms with Gasteiger partial charge in [-0.3, -0.25) is 0 Å². The van der Waals surface area contributed by atoms with E-state index in [2.05, 4.69) is 9.72 Å². The monoisotopic (exact) mass is 317 g/mol. The fourth-order valence-electron chi connectivity index (χ4n) is 1.87. The van der Waals surface area contributed by atoms with Crippen molar-refractivity contribution in [3.8, 4) is 0 Å². The first-order valence-electron chi connectivity index (χ1n) is 6.35. The summed E-state index contributed by atoms with van der Waals surface area (Å²) >= 11 is 1.45. The van der Waals surface area contributed by atoms with Crippen molar-refractivity contribution in [2.24, 2.45) is 0 Å². The average Bonchev–Trinajstić information content (AvgIpc) is 3.19. The summed E-state index contributed by atoms with van der Waals surface area (Å²) in [4.78, 5) is 27.4. The first-order chi connectivity index (χ1) is 10.7. The number of fused-ring (bicyclic) bond motifs is 1. The van der Waals surface area contributed by atoms with E-state index < -0.39 is 11.9 Å². The Morgan fingerprint density at radius 1 is 1.23 bits per heavy atom. The lowest BCUT2D eigenvalue weighted by Crippen LogP contribution is -2.04. The zero-order valence-corrected chi connectivity index (χ0v) is 12.4. The van der Waals surface area contributed by atoms with Crippen molar-refractivity contribution in [2.45, 2.75) is 6.61 Å². The maximum Gasteiger partial charge on any atom is 0.373 e. The fraction of sp³-hybridized carbons (Fsp3) is 0.133. The molecule has 7 heteroatoms. The molecule has 1 aromatic carbocycles. The highest BCUT2D eigenvalue weighted by Gasteiger charge is 2.13. The third-order valence-electron chi connectivity index (χ3n) is 2.96. The highest BCUT2D eigenvalue weighted by atomic mass is 32.1. The van der Waals surface area contributed by atoms with Gasteiger partial charge in [-0.15, -0.1) is 11.3 Å². The van der Waals surface area contributed by atoms with E-state index in [0.29, 0.717) is 11.3 Å². The van der Waals surface area contributed by atoms with Crippen LogP contribution in [0.15, 0.2) is 40.3 Å². The van der Waals surface area contributed by atoms with Crippen LogP contribution in [0.3, 0.4) is 0 Å². The van der Waals surface area contributed by atoms with Gasteiger partial charge in [0, 0.05) is 0 Å². The molecular weight excluding hydrogens is 306 g/mol. The molecule has 0 spiro atoms. The van der Waals surface area contributed by atoms with Crippen molar-refractivity contribution in [1.29, 1.82) is 0 Å². The zero-order valence-electron chi connectivity index (χ0n) is 11.6. The van der Waals surface area contributed by atoms with Crippen LogP contribution in [0.25, 0.3) is 10.2 Å². The average molecular weight is 317 g/mol. The third-order valence-corrected chi connectivity index (χ3v) is 3.75. The van der Waals surface area contributed by atoms with Crippen molar-refractivity contribution in [1.82, 2.24) is 4.98 Å². The second-order valence-corrected chi connectivity index (χ2v) is 5.25. The van der Waals surface area contributed by atoms with E-state index in [9.17, 15) is 9.59 Å². The van der Waals surface area contributed by atoms with Gasteiger partial charge in [0.15, 0.2) is 0 Å². The number of benzene rings is 1. The van der Waals surface area contributed by atoms with Crippen molar-refractivity contribution in [3.63, 3.8) is 0 Å². The van der Waals surface area contributed by atoms with Crippen molar-refractivity contribution in [2.75, 3.05) is 7.11 Å². The SMILES string of the molecule is COC(=O)c1ccc(COC(=O)c2ccc3ncsc3c2)o1. The molecule has 0 aliphatic heterocycles. The number of hydrogen-bond donors (Lipinski definition) is 0. The summed E-state index contributed by atoms with van der Waals surface area (Å²) in [6.07, 6.45) is 0. The molecule has 2 heterocycles. The van der Waals surface area contributed by atoms with Crippen molar-refractivity contribution in [3.05, 3.63) is 52.9 Å². The van der Waals surface area contributed by atoms with E-state index in [1.807, 2.05) is 0 Å². The van der Waals surface area contributed by atoms with Gasteiger partial charge < -0.3 is 13.9 Å². The molecule has 0 unspecified atom stereocenters. The van der Waals surface area contributed by atoms with Gasteiger partial charge in [-0.25, -0.2) is 14.6 Å². The Kier molecular flexibility index (Phi) is 3.88. The molecule has 0 saturated carbocycles. The third kappa shape index (κ3) is 2.84. The molecule has 0 saturated heterocycles. The molecule has 0 fully saturated rings. The lowest BCUT2D eigenvalue weighted by atomic mass is 10.2. The highest BCUT2D eigenvalue weighted by Crippen LogP contribution is 2.20. The van der Waals surface area contributed by atoms with E-state index in [1.165, 1.54) is 24.5 Å². The topological polar surface area (TPSA) is 78.6 Å². The Morgan fingerprint density at radius 2 is 2.09 bits per heavy atom. The number of nitrogens with zero attached hydrogens (tertiary/aromatic N) is 1. The summed E-state index contributed by atoms with van der Waals surface area (Å²) in [5, 5.41) is 0. The summed E-state index contributed by atoms with van der Waals surface area (Å²) in [6.45, 7) is -0.0590. The lowest BCUT2D eigenvalue weighted by molar-refractivity contribution is 0.0438. The molecule has 112 valence electrons. The second kappa shape index (κ2) is 5.98. The molecular formula is C15H11NO5S. The summed E-state index contributed by atoms with van der Waals surface area (Å²) < 4.78 is 15.8. The number of methoxy groups -OCH3 is 1. The van der Waals surface area contributed by atoms with E-state index in [-0.39, 0.29) is 12.4 Å². The molecule has 2 aromatic heterocycles. The van der Waals surface area contributed by atoms with Crippen LogP contribution in [0, 0.1) is 0 Å². The van der Waals surface area contributed by atoms with Gasteiger partial charge >= 0.3 is 11.9 Å². The molecule has 6 nitrogen and oxygen atoms in total. The Hall–Kier alpha value is -2.67. The zero-order chi connectivity index (χ0) is 15.5. The molecule has 3 aromatic rings. The minimum atomic E-state index is -0.576. The molecule has 0 radical (unpaired) electrons. The van der Waals surface area contributed by atoms with Crippen LogP contribution in [0.5, 0.6) is 0 Å². The van der Waals surface area contributed by atoms with E-state index in [1.54, 1.807) is 29.8 Å². The molecule has 0 amide bonds. The number of rotatable bonds is 4. The van der Waals surface area contributed by atoms with Crippen LogP contribution in [-0.4, -0.2) is 24.0 Å². The van der Waals surface area contributed by atoms with Crippen molar-refractivity contribution < 1.29 is 23.5 Å². The minimum Gasteiger partial charge on any atom is -0.463 e. The largest absolute Gasteiger partial charge is 0.463 e. The number of carbonyl (C=O) groups is 2. The molecule has 0 N–H and O–H groups in total. The van der Waals surface area contributed by atoms with E-state index in [0.717, 1.165) is 10.2 Å². The number of furan rings is 1. The predicted octanol–water partition coefficient (Wildman–Crippen LogP) is 3.03. The highest BCUT2D eigenvalue weighted by molar-refractivity contribution is 7.16. The quantitative estimate of drug-likeness (QED) is 0.688. The maximum atomic E-state index is 12.0. The normalized spacial score (nSPS) is 10.6. The van der Waals surface area contributed by atoms with Gasteiger partial charge in [0.2, 0.25) is 5.76 Å². The molecule has 0 aliphatic carbocycles. The van der Waals surface area contributed by atoms with Crippen LogP contribution in [0.4, 0.5) is 0 Å². The Balaban J connectivity index is 1.66. The van der Waals surface area contributed by atoms with Gasteiger partial charge in [-0.05, 0) is 30.3 Å². The van der Waals surface area contributed by atoms with Gasteiger partial charge in [-0.2, -0.15) is 0 Å². The summed E-state index contributed by atoms with van der Waals surface area (Å²) in [5.74, 6) is -0.605. The number of aromatic nitrogens is 1. The van der Waals surface area contributed by atoms with Crippen LogP contribution >= 0.6 is 11.3 Å². The number of thiazole rings is 1. The number of ether oxygens (including phenoxy) is 2. The summed E-state index contributed by atoms with van der Waals surface area (Å²) in [6, 6.07) is 8.19. The van der Waals surface area contributed by atoms with Crippen LogP contribution in [0.1, 0.15) is 26.7 Å². The van der Waals surface area contributed by atoms with Gasteiger partial charge in [0.05, 0.1) is 28.4 Å². The first kappa shape index (κ1) is 14.3. The molecule has 0 atom stereocenters. The van der Waals surface area contributed by atoms with Gasteiger partial charge in [0.1, 0.15) is 12.4 Å². The van der Waals surface area contributed by atoms with Crippen LogP contribution < -0.4 is 0 Å². The summed E-state index contributed by atoms with van der Waals surface area (Å²) in [7, 11) is 1.26. The first-order valence-corrected chi connectivity index (χ1v) is 7.23. The predicted molar refractivity (Wildman–Crippen MR) is 78.8 cm³/mol. The molecule has 3 rings (SSSR count). The Bertz CT molecular complexity index is 835. The number of carbonyl (C=O) groups excluding carboxylic acids is 2. The summed E-state index contributed by atoms with van der Waals surface area (Å²) in [5.41, 5.74) is 3.00. The maximum absolute atomic E-state index is 12.0. The lowest BCUT2D eigenvalue weighted by Gasteiger charge is -2.03. The second-order valence-electron chi connectivity index (χ2n) is 4.37. The standard InChI is InChI=1S/C15H11NO5S/c1-19-15(18)12-5-3-10(21-12)7-20-14(17)9-2-4-11-13(6-9)22-8-16-11/h2-6,8H,7H2,1H3. The number of hydrogen-bond acceptors (Lipinski definition) is 7. The van der Waals surface area contributed by atoms with E-state index >= 15 is 0 Å². The van der Waals surface area contributed by atoms with Gasteiger partial charge in [-0.1, -0.05) is 0 Å². The molecule has 0 aliphatic rings. The molecule has 22 heavy (non-hydrogen) atoms. The van der Waals surface area contributed by atoms with Gasteiger partial charge in [0.25, 0.3) is 0 Å². The Morgan fingerprint density at radius 3 is 2.91 bits per heavy atom. The fourth-order valence-corrected chi connectivity index (χ4v) is 2.58.